The molecule has 0 amide bonds. The Morgan fingerprint density at radius 2 is 0.568 bits per heavy atom. The van der Waals surface area contributed by atoms with E-state index in [0.29, 0.717) is 0 Å². The Hall–Kier alpha value is -2.69. The number of aliphatic hydroxyl groups is 22. The van der Waals surface area contributed by atoms with Crippen molar-refractivity contribution >= 4 is 17.3 Å². The number of halogens is 1. The van der Waals surface area contributed by atoms with Crippen LogP contribution in [0.4, 0.5) is 5.69 Å². The van der Waals surface area contributed by atoms with Crippen LogP contribution in [0, 0.1) is 10.1 Å². The van der Waals surface area contributed by atoms with E-state index < -0.39 is 272 Å². The lowest BCUT2D eigenvalue weighted by Gasteiger charge is -2.50. The normalized spacial score (nSPS) is 48.6. The van der Waals surface area contributed by atoms with Crippen LogP contribution in [0.15, 0.2) is 18.2 Å². The fourth-order valence-corrected chi connectivity index (χ4v) is 11.1. The average molecular weight is 1310 g/mol. The zero-order valence-corrected chi connectivity index (χ0v) is 46.3. The van der Waals surface area contributed by atoms with Crippen molar-refractivity contribution < 1.29 is 184 Å². The van der Waals surface area contributed by atoms with Crippen molar-refractivity contribution in [3.05, 3.63) is 33.3 Å². The fourth-order valence-electron chi connectivity index (χ4n) is 10.9. The lowest BCUT2D eigenvalue weighted by atomic mass is 9.95. The Kier molecular flexibility index (Phi) is 24.7. The first-order chi connectivity index (χ1) is 41.8. The molecule has 40 heteroatoms. The summed E-state index contributed by atoms with van der Waals surface area (Å²) in [4.78, 5) is 10.4. The Morgan fingerprint density at radius 3 is 0.807 bits per heavy atom. The zero-order chi connectivity index (χ0) is 64.5. The van der Waals surface area contributed by atoms with E-state index >= 15 is 0 Å². The van der Waals surface area contributed by atoms with E-state index in [9.17, 15) is 122 Å². The molecular formula is C48H74ClNO38. The van der Waals surface area contributed by atoms with Crippen LogP contribution in [0.1, 0.15) is 0 Å². The second-order valence-electron chi connectivity index (χ2n) is 21.5. The number of nitro benzene ring substituents is 1. The summed E-state index contributed by atoms with van der Waals surface area (Å²) < 4.78 is 78.5. The molecule has 0 aliphatic carbocycles. The molecule has 7 heterocycles. The molecule has 0 unspecified atom stereocenters. The van der Waals surface area contributed by atoms with Crippen LogP contribution in [-0.2, 0) is 61.6 Å². The molecule has 7 fully saturated rings. The molecule has 0 aromatic heterocycles. The van der Waals surface area contributed by atoms with Crippen LogP contribution >= 0.6 is 11.6 Å². The molecule has 39 nitrogen and oxygen atoms in total. The first-order valence-electron chi connectivity index (χ1n) is 27.4. The minimum absolute atomic E-state index is 0.233. The number of nitrogens with zero attached hydrogens (tertiary/aromatic N) is 1. The van der Waals surface area contributed by atoms with Gasteiger partial charge in [0.2, 0.25) is 6.29 Å². The van der Waals surface area contributed by atoms with E-state index in [-0.39, 0.29) is 10.8 Å². The summed E-state index contributed by atoms with van der Waals surface area (Å²) in [5.74, 6) is -0.233. The van der Waals surface area contributed by atoms with Gasteiger partial charge in [0.1, 0.15) is 177 Å². The van der Waals surface area contributed by atoms with E-state index in [0.717, 1.165) is 18.2 Å². The number of rotatable bonds is 22. The Labute approximate surface area is 500 Å². The second-order valence-corrected chi connectivity index (χ2v) is 21.9. The van der Waals surface area contributed by atoms with Gasteiger partial charge in [0.25, 0.3) is 5.69 Å². The minimum Gasteiger partial charge on any atom is -0.460 e. The lowest BCUT2D eigenvalue weighted by Crippen LogP contribution is -2.68. The van der Waals surface area contributed by atoms with Crippen molar-refractivity contribution in [1.29, 1.82) is 0 Å². The van der Waals surface area contributed by atoms with E-state index in [1.807, 2.05) is 0 Å². The monoisotopic (exact) mass is 1310 g/mol. The number of hydrogen-bond acceptors (Lipinski definition) is 38. The van der Waals surface area contributed by atoms with E-state index in [1.165, 1.54) is 0 Å². The van der Waals surface area contributed by atoms with Crippen molar-refractivity contribution in [1.82, 2.24) is 0 Å². The molecule has 0 spiro atoms. The molecule has 35 atom stereocenters. The first-order valence-corrected chi connectivity index (χ1v) is 27.7. The molecule has 7 saturated heterocycles. The van der Waals surface area contributed by atoms with Crippen molar-refractivity contribution in [3.63, 3.8) is 0 Å². The summed E-state index contributed by atoms with van der Waals surface area (Å²) >= 11 is 6.08. The third-order valence-electron chi connectivity index (χ3n) is 15.9. The van der Waals surface area contributed by atoms with Gasteiger partial charge in [-0.25, -0.2) is 0 Å². The van der Waals surface area contributed by atoms with Gasteiger partial charge in [-0.3, -0.25) is 10.1 Å². The molecule has 506 valence electrons. The van der Waals surface area contributed by atoms with Gasteiger partial charge < -0.3 is 179 Å². The third kappa shape index (κ3) is 14.6. The van der Waals surface area contributed by atoms with Crippen molar-refractivity contribution in [2.24, 2.45) is 0 Å². The quantitative estimate of drug-likeness (QED) is 0.0379. The van der Waals surface area contributed by atoms with Crippen LogP contribution in [0.25, 0.3) is 0 Å². The maximum Gasteiger partial charge on any atom is 0.271 e. The predicted molar refractivity (Wildman–Crippen MR) is 268 cm³/mol. The summed E-state index contributed by atoms with van der Waals surface area (Å²) in [5.41, 5.74) is -0.404. The number of benzene rings is 1. The minimum atomic E-state index is -2.25. The number of hydrogen-bond donors (Lipinski definition) is 22. The van der Waals surface area contributed by atoms with Crippen LogP contribution in [0.3, 0.4) is 0 Å². The third-order valence-corrected chi connectivity index (χ3v) is 16.2. The molecule has 7 aliphatic rings. The number of ether oxygens (including phenoxy) is 14. The van der Waals surface area contributed by atoms with Gasteiger partial charge in [-0.05, 0) is 6.07 Å². The zero-order valence-electron chi connectivity index (χ0n) is 45.6. The number of aliphatic hydroxyl groups excluding tert-OH is 22. The Balaban J connectivity index is 0.851. The van der Waals surface area contributed by atoms with Crippen LogP contribution in [-0.4, -0.2) is 378 Å². The molecule has 0 radical (unpaired) electrons. The van der Waals surface area contributed by atoms with E-state index in [1.54, 1.807) is 0 Å². The van der Waals surface area contributed by atoms with Gasteiger partial charge in [-0.1, -0.05) is 11.6 Å². The summed E-state index contributed by atoms with van der Waals surface area (Å²) in [6.07, 6.45) is -68.4. The highest BCUT2D eigenvalue weighted by molar-refractivity contribution is 6.32. The van der Waals surface area contributed by atoms with E-state index in [2.05, 4.69) is 0 Å². The van der Waals surface area contributed by atoms with Gasteiger partial charge in [-0.2, -0.15) is 0 Å². The Bertz CT molecular complexity index is 2350. The standard InChI is InChI=1S/C48H74ClNO38/c49-12-3-11(50(73)74)1-2-13(12)75-42-30(67)23(60)36(15(5-52)77-42)84-44-32(69)25(62)38(17(7-54)79-44)86-46-34(71)27(64)40(19(9-56)81-46)88-48-35(72)28(65)41(20(10-57)82-48)87-47-33(70)26(63)39(18(8-55)80-47)85-45-31(68)24(61)37(16(6-53)78-45)83-43-29(66)22(59)21(58)14(4-51)76-43/h1-3,14-48,51-72H,4-10H2/t14-,15-,16-,17-,18-,19-,20-,21-,22+,23-,24-,25-,26-,27-,28-,29-,30-,31-,32-,33-,34-,35-,36-,37-,38-,39-,40-,41-,42-,43+,44+,45+,46+,47+,48+/m1/s1. The highest BCUT2D eigenvalue weighted by Crippen LogP contribution is 2.39. The first kappa shape index (κ1) is 71.2. The molecule has 88 heavy (non-hydrogen) atoms. The average Bonchev–Trinajstić information content (AvgIpc) is 1.24. The van der Waals surface area contributed by atoms with Gasteiger partial charge in [0.05, 0.1) is 56.2 Å². The molecule has 0 saturated carbocycles. The van der Waals surface area contributed by atoms with Gasteiger partial charge in [-0.15, -0.1) is 0 Å². The summed E-state index contributed by atoms with van der Waals surface area (Å²) in [7, 11) is 0. The molecule has 22 N–H and O–H groups in total. The van der Waals surface area contributed by atoms with Crippen LogP contribution in [0.5, 0.6) is 5.75 Å². The largest absolute Gasteiger partial charge is 0.460 e. The molecule has 0 bridgehead atoms. The van der Waals surface area contributed by atoms with Gasteiger partial charge in [0.15, 0.2) is 37.7 Å². The highest BCUT2D eigenvalue weighted by Gasteiger charge is 2.59. The molecule has 7 aliphatic heterocycles. The summed E-state index contributed by atoms with van der Waals surface area (Å²) in [5, 5.41) is 247. The number of nitro groups is 1. The van der Waals surface area contributed by atoms with Gasteiger partial charge in [0, 0.05) is 12.1 Å². The van der Waals surface area contributed by atoms with Crippen LogP contribution in [0.2, 0.25) is 5.02 Å². The smallest absolute Gasteiger partial charge is 0.271 e. The highest BCUT2D eigenvalue weighted by atomic mass is 35.5. The molecular weight excluding hydrogens is 1230 g/mol. The SMILES string of the molecule is O=[N+]([O-])c1ccc(O[C@@H]2O[C@H](CO)[C@@H](O[C@@H]3O[C@H](CO)[C@@H](O[C@@H]4O[C@H](CO)[C@@H](O[C@@H]5O[C@H](CO)[C@@H](O[C@@H]6O[C@H](CO)[C@@H](O[C@@H]7O[C@H](CO)[C@@H](O[C@@H]8O[C@H](CO)[C@@H](O)[C@H](O)[C@H]8O)[C@H](O)[C@H]7O)[C@H](O)[C@H]6O)[C@H](O)[C@H]5O)[C@H](O)[C@H]4O)[C@H](O)[C@H]3O)[C@H](O)[C@H]2O)c(Cl)c1. The van der Waals surface area contributed by atoms with E-state index in [4.69, 9.17) is 77.9 Å². The molecule has 1 aromatic carbocycles. The van der Waals surface area contributed by atoms with Crippen molar-refractivity contribution in [3.8, 4) is 5.75 Å². The van der Waals surface area contributed by atoms with Crippen molar-refractivity contribution in [2.45, 2.75) is 215 Å². The maximum absolute atomic E-state index is 11.4. The van der Waals surface area contributed by atoms with Crippen molar-refractivity contribution in [2.75, 3.05) is 46.2 Å². The lowest BCUT2D eigenvalue weighted by molar-refractivity contribution is -0.397. The maximum atomic E-state index is 11.4. The molecule has 8 rings (SSSR count). The summed E-state index contributed by atoms with van der Waals surface area (Å²) in [6.45, 7) is -7.06. The number of non-ortho nitro benzene ring substituents is 1. The molecule has 1 aromatic rings. The fraction of sp³-hybridized carbons (Fsp3) is 0.875. The predicted octanol–water partition coefficient (Wildman–Crippen LogP) is -13.6. The van der Waals surface area contributed by atoms with Gasteiger partial charge >= 0.3 is 0 Å². The topological polar surface area (TPSA) is 617 Å². The Morgan fingerprint density at radius 1 is 0.341 bits per heavy atom. The van der Waals surface area contributed by atoms with Crippen LogP contribution < -0.4 is 4.74 Å². The summed E-state index contributed by atoms with van der Waals surface area (Å²) in [6, 6.07) is 3.04. The second kappa shape index (κ2) is 30.6.